The van der Waals surface area contributed by atoms with Gasteiger partial charge in [0.05, 0.1) is 12.7 Å². The van der Waals surface area contributed by atoms with Crippen LogP contribution in [0.15, 0.2) is 10.9 Å². The topological polar surface area (TPSA) is 197 Å². The smallest absolute Gasteiger partial charge is 0.333 e. The van der Waals surface area contributed by atoms with Gasteiger partial charge in [-0.3, -0.25) is 4.18 Å². The van der Waals surface area contributed by atoms with E-state index in [-0.39, 0.29) is 19.5 Å². The lowest BCUT2D eigenvalue weighted by molar-refractivity contribution is -0.105. The lowest BCUT2D eigenvalue weighted by Crippen LogP contribution is -2.48. The van der Waals surface area contributed by atoms with Gasteiger partial charge in [-0.2, -0.15) is 12.7 Å². The van der Waals surface area contributed by atoms with Crippen molar-refractivity contribution in [2.24, 2.45) is 5.14 Å². The summed E-state index contributed by atoms with van der Waals surface area (Å²) in [5.74, 6) is -1.11. The molecule has 4 atom stereocenters. The fourth-order valence-corrected chi connectivity index (χ4v) is 4.50. The number of ether oxygens (including phenoxy) is 1. The average molecular weight is 390 g/mol. The van der Waals surface area contributed by atoms with Crippen molar-refractivity contribution in [2.75, 3.05) is 19.7 Å². The van der Waals surface area contributed by atoms with E-state index in [4.69, 9.17) is 15.0 Å². The minimum Gasteiger partial charge on any atom is -0.505 e. The molecule has 140 valence electrons. The second-order valence-corrected chi connectivity index (χ2v) is 8.33. The van der Waals surface area contributed by atoms with Crippen LogP contribution in [-0.4, -0.2) is 85.7 Å². The van der Waals surface area contributed by atoms with E-state index in [0.29, 0.717) is 0 Å². The molecule has 2 aliphatic rings. The summed E-state index contributed by atoms with van der Waals surface area (Å²) in [5.41, 5.74) is 0. The second kappa shape index (κ2) is 6.72. The molecule has 1 fully saturated rings. The van der Waals surface area contributed by atoms with E-state index in [9.17, 15) is 32.2 Å². The normalized spacial score (nSPS) is 32.8. The molecular weight excluding hydrogens is 372 g/mol. The highest BCUT2D eigenvalue weighted by atomic mass is 32.2. The van der Waals surface area contributed by atoms with Gasteiger partial charge in [-0.1, -0.05) is 0 Å². The number of hydrogen-bond acceptors (Lipinski definition) is 10. The SMILES string of the molecule is NS(=O)(=O)O[C@@H]1CCN(S(=O)(=O)C2=C(O)[C@@H](O)[C@H](O)[C@H](CO)O2)C1. The summed E-state index contributed by atoms with van der Waals surface area (Å²) in [7, 11) is -8.72. The number of nitrogens with zero attached hydrogens (tertiary/aromatic N) is 1. The Morgan fingerprint density at radius 3 is 2.46 bits per heavy atom. The summed E-state index contributed by atoms with van der Waals surface area (Å²) in [6.07, 6.45) is -6.12. The van der Waals surface area contributed by atoms with Gasteiger partial charge < -0.3 is 25.2 Å². The molecule has 2 rings (SSSR count). The average Bonchev–Trinajstić information content (AvgIpc) is 2.92. The van der Waals surface area contributed by atoms with Gasteiger partial charge in [0.15, 0.2) is 11.9 Å². The summed E-state index contributed by atoms with van der Waals surface area (Å²) < 4.78 is 56.9. The summed E-state index contributed by atoms with van der Waals surface area (Å²) in [5, 5.41) is 41.8. The molecule has 0 unspecified atom stereocenters. The molecule has 6 N–H and O–H groups in total. The Balaban J connectivity index is 2.24. The molecule has 0 amide bonds. The molecule has 2 heterocycles. The van der Waals surface area contributed by atoms with Crippen molar-refractivity contribution in [1.29, 1.82) is 0 Å². The van der Waals surface area contributed by atoms with Gasteiger partial charge >= 0.3 is 10.3 Å². The van der Waals surface area contributed by atoms with Gasteiger partial charge in [-0.05, 0) is 6.42 Å². The molecule has 0 saturated carbocycles. The van der Waals surface area contributed by atoms with E-state index in [2.05, 4.69) is 4.18 Å². The number of aliphatic hydroxyl groups excluding tert-OH is 4. The second-order valence-electron chi connectivity index (χ2n) is 5.31. The first-order chi connectivity index (χ1) is 11.0. The summed E-state index contributed by atoms with van der Waals surface area (Å²) in [6, 6.07) is 0. The Bertz CT molecular complexity index is 718. The van der Waals surface area contributed by atoms with E-state index < -0.39 is 62.2 Å². The van der Waals surface area contributed by atoms with Gasteiger partial charge in [0, 0.05) is 13.1 Å². The summed E-state index contributed by atoms with van der Waals surface area (Å²) >= 11 is 0. The van der Waals surface area contributed by atoms with Crippen LogP contribution in [0.2, 0.25) is 0 Å². The maximum absolute atomic E-state index is 12.5. The van der Waals surface area contributed by atoms with Crippen molar-refractivity contribution >= 4 is 20.3 Å². The van der Waals surface area contributed by atoms with Crippen LogP contribution in [0.3, 0.4) is 0 Å². The minimum atomic E-state index is -4.46. The molecule has 0 aromatic carbocycles. The number of hydrogen-bond donors (Lipinski definition) is 5. The molecule has 0 aromatic heterocycles. The highest BCUT2D eigenvalue weighted by Gasteiger charge is 2.46. The van der Waals surface area contributed by atoms with Crippen LogP contribution in [0.25, 0.3) is 0 Å². The van der Waals surface area contributed by atoms with Gasteiger partial charge in [0.1, 0.15) is 12.2 Å². The third-order valence-corrected chi connectivity index (χ3v) is 5.91. The first-order valence-electron chi connectivity index (χ1n) is 6.75. The minimum absolute atomic E-state index is 0.0261. The number of sulfonamides is 1. The van der Waals surface area contributed by atoms with Crippen molar-refractivity contribution in [2.45, 2.75) is 30.8 Å². The van der Waals surface area contributed by atoms with Crippen molar-refractivity contribution in [3.05, 3.63) is 10.9 Å². The molecule has 12 nitrogen and oxygen atoms in total. The Kier molecular flexibility index (Phi) is 5.41. The van der Waals surface area contributed by atoms with Gasteiger partial charge in [0.2, 0.25) is 0 Å². The van der Waals surface area contributed by atoms with Crippen molar-refractivity contribution in [3.8, 4) is 0 Å². The zero-order chi connectivity index (χ0) is 18.3. The number of nitrogens with two attached hydrogens (primary N) is 1. The fourth-order valence-electron chi connectivity index (χ4n) is 2.39. The van der Waals surface area contributed by atoms with Gasteiger partial charge in [-0.25, -0.2) is 13.6 Å². The zero-order valence-corrected chi connectivity index (χ0v) is 13.9. The predicted molar refractivity (Wildman–Crippen MR) is 76.7 cm³/mol. The maximum atomic E-state index is 12.5. The lowest BCUT2D eigenvalue weighted by Gasteiger charge is -2.33. The molecular formula is C10H18N2O10S2. The van der Waals surface area contributed by atoms with Crippen molar-refractivity contribution in [3.63, 3.8) is 0 Å². The van der Waals surface area contributed by atoms with Crippen molar-refractivity contribution < 1.29 is 46.2 Å². The largest absolute Gasteiger partial charge is 0.505 e. The van der Waals surface area contributed by atoms with E-state index in [1.165, 1.54) is 0 Å². The Morgan fingerprint density at radius 1 is 1.29 bits per heavy atom. The lowest BCUT2D eigenvalue weighted by atomic mass is 10.1. The van der Waals surface area contributed by atoms with Crippen LogP contribution in [-0.2, 0) is 29.2 Å². The van der Waals surface area contributed by atoms with E-state index in [0.717, 1.165) is 4.31 Å². The molecule has 24 heavy (non-hydrogen) atoms. The van der Waals surface area contributed by atoms with Crippen molar-refractivity contribution in [1.82, 2.24) is 4.31 Å². The van der Waals surface area contributed by atoms with Crippen LogP contribution in [0.4, 0.5) is 0 Å². The van der Waals surface area contributed by atoms with Crippen LogP contribution in [0, 0.1) is 0 Å². The van der Waals surface area contributed by atoms with Crippen LogP contribution in [0.1, 0.15) is 6.42 Å². The molecule has 0 bridgehead atoms. The zero-order valence-electron chi connectivity index (χ0n) is 12.2. The van der Waals surface area contributed by atoms with Crippen LogP contribution >= 0.6 is 0 Å². The van der Waals surface area contributed by atoms with E-state index >= 15 is 0 Å². The summed E-state index contributed by atoms with van der Waals surface area (Å²) in [4.78, 5) is 0. The quantitative estimate of drug-likeness (QED) is 0.313. The third kappa shape index (κ3) is 3.80. The monoisotopic (exact) mass is 390 g/mol. The van der Waals surface area contributed by atoms with Gasteiger partial charge in [-0.15, -0.1) is 0 Å². The Morgan fingerprint density at radius 2 is 1.92 bits per heavy atom. The Hall–Kier alpha value is -1.00. The van der Waals surface area contributed by atoms with Crippen LogP contribution in [0.5, 0.6) is 0 Å². The fraction of sp³-hybridized carbons (Fsp3) is 0.800. The Labute approximate surface area is 138 Å². The molecule has 1 saturated heterocycles. The molecule has 2 aliphatic heterocycles. The van der Waals surface area contributed by atoms with Crippen LogP contribution < -0.4 is 5.14 Å². The molecule has 0 radical (unpaired) electrons. The first-order valence-corrected chi connectivity index (χ1v) is 9.66. The molecule has 0 aromatic rings. The summed E-state index contributed by atoms with van der Waals surface area (Å²) in [6.45, 7) is -1.33. The molecule has 14 heteroatoms. The predicted octanol–water partition coefficient (Wildman–Crippen LogP) is -3.55. The molecule has 0 aliphatic carbocycles. The third-order valence-electron chi connectivity index (χ3n) is 3.58. The first kappa shape index (κ1) is 19.3. The number of rotatable bonds is 5. The molecule has 0 spiro atoms. The van der Waals surface area contributed by atoms with E-state index in [1.54, 1.807) is 0 Å². The standard InChI is InChI=1S/C10H18N2O10S2/c11-24(19,20)22-5-1-2-12(3-5)23(17,18)10-9(16)8(15)7(14)6(4-13)21-10/h5-8,13-16H,1-4H2,(H2,11,19,20)/t5-,6+,7-,8+/m1/s1. The van der Waals surface area contributed by atoms with Gasteiger partial charge in [0.25, 0.3) is 15.1 Å². The highest BCUT2D eigenvalue weighted by Crippen LogP contribution is 2.31. The van der Waals surface area contributed by atoms with E-state index in [1.807, 2.05) is 0 Å². The highest BCUT2D eigenvalue weighted by molar-refractivity contribution is 7.92. The number of aliphatic hydroxyl groups is 4. The maximum Gasteiger partial charge on any atom is 0.333 e.